The van der Waals surface area contributed by atoms with Crippen LogP contribution in [0, 0.1) is 43.4 Å². The molecule has 0 amide bonds. The molecule has 1 aromatic carbocycles. The van der Waals surface area contributed by atoms with Crippen LogP contribution in [-0.2, 0) is 14.3 Å². The first kappa shape index (κ1) is 21.6. The lowest BCUT2D eigenvalue weighted by Gasteiger charge is -2.28. The number of hydrogen-bond acceptors (Lipinski definition) is 7. The highest BCUT2D eigenvalue weighted by Crippen LogP contribution is 2.54. The third kappa shape index (κ3) is 4.47. The number of nitrogens with zero attached hydrogens (tertiary/aromatic N) is 4. The topological polar surface area (TPSA) is 87.0 Å². The molecule has 3 aliphatic rings. The molecule has 0 radical (unpaired) electrons. The average Bonchev–Trinajstić information content (AvgIpc) is 3.31. The Hall–Kier alpha value is -2.22. The monoisotopic (exact) mass is 454 g/mol. The fourth-order valence-corrected chi connectivity index (χ4v) is 6.91. The van der Waals surface area contributed by atoms with Crippen LogP contribution in [0.15, 0.2) is 23.4 Å². The van der Waals surface area contributed by atoms with Gasteiger partial charge in [-0.05, 0) is 104 Å². The Balaban J connectivity index is 1.14. The number of aryl methyl sites for hydroxylation is 2. The van der Waals surface area contributed by atoms with E-state index >= 15 is 0 Å². The van der Waals surface area contributed by atoms with Gasteiger partial charge >= 0.3 is 5.97 Å². The Kier molecular flexibility index (Phi) is 6.05. The Bertz CT molecular complexity index is 1020. The molecular weight excluding hydrogens is 424 g/mol. The number of ketones is 1. The summed E-state index contributed by atoms with van der Waals surface area (Å²) in [7, 11) is 0. The molecule has 0 saturated heterocycles. The maximum Gasteiger partial charge on any atom is 0.316 e. The van der Waals surface area contributed by atoms with Crippen LogP contribution in [0.3, 0.4) is 0 Å². The second-order valence-corrected chi connectivity index (χ2v) is 10.9. The molecule has 3 saturated carbocycles. The Labute approximate surface area is 192 Å². The number of benzene rings is 1. The highest BCUT2D eigenvalue weighted by molar-refractivity contribution is 7.99. The number of aromatic nitrogens is 4. The van der Waals surface area contributed by atoms with E-state index in [9.17, 15) is 9.59 Å². The molecule has 5 rings (SSSR count). The third-order valence-electron chi connectivity index (χ3n) is 7.63. The van der Waals surface area contributed by atoms with Crippen LogP contribution in [0.5, 0.6) is 0 Å². The second-order valence-electron chi connectivity index (χ2n) is 9.94. The van der Waals surface area contributed by atoms with Crippen LogP contribution in [0.4, 0.5) is 0 Å². The molecule has 170 valence electrons. The number of tetrazole rings is 1. The standard InChI is InChI=1S/C24H30N4O3S/c1-14-3-4-15(2)21(5-14)28-24(25-26-27-28)32-13-23(30)31-12-22(29)20-10-17-6-16-7-18(8-17)19(9-16)11-20/h3-5,16-20H,6-13H2,1-2H3. The summed E-state index contributed by atoms with van der Waals surface area (Å²) in [6.45, 7) is 3.90. The third-order valence-corrected chi connectivity index (χ3v) is 8.52. The number of rotatable bonds is 7. The van der Waals surface area contributed by atoms with Gasteiger partial charge in [0.25, 0.3) is 0 Å². The number of fused-ring (bicyclic) bond motifs is 2. The van der Waals surface area contributed by atoms with Crippen molar-refractivity contribution in [1.82, 2.24) is 20.2 Å². The molecule has 8 heteroatoms. The van der Waals surface area contributed by atoms with Gasteiger partial charge < -0.3 is 4.74 Å². The van der Waals surface area contributed by atoms with Gasteiger partial charge in [-0.3, -0.25) is 9.59 Å². The molecule has 3 aliphatic carbocycles. The van der Waals surface area contributed by atoms with E-state index in [0.29, 0.717) is 17.0 Å². The smallest absolute Gasteiger partial charge is 0.316 e. The predicted octanol–water partition coefficient (Wildman–Crippen LogP) is 3.95. The fourth-order valence-electron chi connectivity index (χ4n) is 6.22. The molecule has 1 aromatic heterocycles. The van der Waals surface area contributed by atoms with Gasteiger partial charge in [0, 0.05) is 5.92 Å². The van der Waals surface area contributed by atoms with Crippen molar-refractivity contribution in [3.8, 4) is 5.69 Å². The lowest BCUT2D eigenvalue weighted by atomic mass is 9.78. The molecule has 32 heavy (non-hydrogen) atoms. The van der Waals surface area contributed by atoms with Crippen molar-refractivity contribution in [2.75, 3.05) is 12.4 Å². The van der Waals surface area contributed by atoms with Gasteiger partial charge in [0.2, 0.25) is 5.16 Å². The summed E-state index contributed by atoms with van der Waals surface area (Å²) in [5, 5.41) is 12.4. The molecule has 0 aliphatic heterocycles. The van der Waals surface area contributed by atoms with E-state index in [-0.39, 0.29) is 24.1 Å². The van der Waals surface area contributed by atoms with Crippen LogP contribution >= 0.6 is 11.8 Å². The largest absolute Gasteiger partial charge is 0.457 e. The van der Waals surface area contributed by atoms with E-state index in [1.165, 1.54) is 37.4 Å². The van der Waals surface area contributed by atoms with Crippen molar-refractivity contribution in [2.45, 2.75) is 57.5 Å². The maximum absolute atomic E-state index is 12.8. The van der Waals surface area contributed by atoms with Crippen molar-refractivity contribution in [3.05, 3.63) is 29.3 Å². The molecule has 5 atom stereocenters. The highest BCUT2D eigenvalue weighted by atomic mass is 32.2. The average molecular weight is 455 g/mol. The van der Waals surface area contributed by atoms with Gasteiger partial charge in [0.1, 0.15) is 6.61 Å². The summed E-state index contributed by atoms with van der Waals surface area (Å²) in [4.78, 5) is 25.2. The maximum atomic E-state index is 12.8. The van der Waals surface area contributed by atoms with Crippen LogP contribution in [0.25, 0.3) is 5.69 Å². The van der Waals surface area contributed by atoms with Crippen LogP contribution in [0.1, 0.15) is 49.7 Å². The number of Topliss-reactive ketones (excluding diaryl/α,β-unsaturated/α-hetero) is 1. The normalized spacial score (nSPS) is 28.5. The van der Waals surface area contributed by atoms with Crippen molar-refractivity contribution in [2.24, 2.45) is 29.6 Å². The van der Waals surface area contributed by atoms with E-state index in [1.807, 2.05) is 32.0 Å². The molecule has 5 unspecified atom stereocenters. The second kappa shape index (κ2) is 8.96. The van der Waals surface area contributed by atoms with E-state index in [4.69, 9.17) is 4.74 Å². The van der Waals surface area contributed by atoms with Gasteiger partial charge in [-0.25, -0.2) is 0 Å². The van der Waals surface area contributed by atoms with Gasteiger partial charge in [-0.15, -0.1) is 5.10 Å². The summed E-state index contributed by atoms with van der Waals surface area (Å²) in [6.07, 6.45) is 7.25. The minimum absolute atomic E-state index is 0.0612. The van der Waals surface area contributed by atoms with Gasteiger partial charge in [-0.2, -0.15) is 4.68 Å². The zero-order valence-electron chi connectivity index (χ0n) is 18.7. The molecule has 0 N–H and O–H groups in total. The van der Waals surface area contributed by atoms with Gasteiger partial charge in [0.05, 0.1) is 11.4 Å². The molecule has 0 spiro atoms. The van der Waals surface area contributed by atoms with Crippen LogP contribution < -0.4 is 0 Å². The van der Waals surface area contributed by atoms with Gasteiger partial charge in [-0.1, -0.05) is 23.9 Å². The number of thioether (sulfide) groups is 1. The van der Waals surface area contributed by atoms with E-state index in [0.717, 1.165) is 41.5 Å². The zero-order valence-corrected chi connectivity index (χ0v) is 19.5. The minimum atomic E-state index is -0.407. The molecular formula is C24H30N4O3S. The lowest BCUT2D eigenvalue weighted by molar-refractivity contribution is -0.146. The molecule has 1 heterocycles. The quantitative estimate of drug-likeness (QED) is 0.462. The van der Waals surface area contributed by atoms with E-state index in [2.05, 4.69) is 15.5 Å². The van der Waals surface area contributed by atoms with Crippen LogP contribution in [-0.4, -0.2) is 44.3 Å². The lowest BCUT2D eigenvalue weighted by Crippen LogP contribution is -2.26. The number of carbonyl (C=O) groups is 2. The zero-order chi connectivity index (χ0) is 22.2. The van der Waals surface area contributed by atoms with Crippen molar-refractivity contribution in [1.29, 1.82) is 0 Å². The molecule has 3 bridgehead atoms. The van der Waals surface area contributed by atoms with Crippen LogP contribution in [0.2, 0.25) is 0 Å². The van der Waals surface area contributed by atoms with Crippen molar-refractivity contribution in [3.63, 3.8) is 0 Å². The molecule has 2 aromatic rings. The molecule has 3 fully saturated rings. The van der Waals surface area contributed by atoms with E-state index in [1.54, 1.807) is 4.68 Å². The Morgan fingerprint density at radius 3 is 2.62 bits per heavy atom. The van der Waals surface area contributed by atoms with E-state index < -0.39 is 5.97 Å². The summed E-state index contributed by atoms with van der Waals surface area (Å²) < 4.78 is 7.00. The fraction of sp³-hybridized carbons (Fsp3) is 0.625. The number of hydrogen-bond donors (Lipinski definition) is 0. The first-order valence-corrected chi connectivity index (χ1v) is 12.6. The first-order valence-electron chi connectivity index (χ1n) is 11.6. The predicted molar refractivity (Wildman–Crippen MR) is 120 cm³/mol. The minimum Gasteiger partial charge on any atom is -0.457 e. The van der Waals surface area contributed by atoms with Crippen molar-refractivity contribution < 1.29 is 14.3 Å². The molecule has 7 nitrogen and oxygen atoms in total. The summed E-state index contributed by atoms with van der Waals surface area (Å²) >= 11 is 1.22. The number of esters is 1. The SMILES string of the molecule is Cc1ccc(C)c(-n2nnnc2SCC(=O)OCC(=O)C2CC3CC4CC(C3)C(C4)C2)c1. The Morgan fingerprint density at radius 2 is 1.81 bits per heavy atom. The summed E-state index contributed by atoms with van der Waals surface area (Å²) in [5.41, 5.74) is 3.04. The number of carbonyl (C=O) groups excluding carboxylic acids is 2. The summed E-state index contributed by atoms with van der Waals surface area (Å²) in [6, 6.07) is 6.07. The van der Waals surface area contributed by atoms with Gasteiger partial charge in [0.15, 0.2) is 5.78 Å². The Morgan fingerprint density at radius 1 is 1.06 bits per heavy atom. The van der Waals surface area contributed by atoms with Crippen molar-refractivity contribution >= 4 is 23.5 Å². The highest BCUT2D eigenvalue weighted by Gasteiger charge is 2.45. The summed E-state index contributed by atoms with van der Waals surface area (Å²) in [5.74, 6) is 2.94. The first-order chi connectivity index (χ1) is 15.5. The number of ether oxygens (including phenoxy) is 1.